The summed E-state index contributed by atoms with van der Waals surface area (Å²) in [4.78, 5) is 26.8. The second-order valence-corrected chi connectivity index (χ2v) is 9.30. The molecule has 0 bridgehead atoms. The van der Waals surface area contributed by atoms with Gasteiger partial charge in [-0.25, -0.2) is 4.79 Å². The quantitative estimate of drug-likeness (QED) is 0.803. The molecule has 0 spiro atoms. The lowest BCUT2D eigenvalue weighted by Crippen LogP contribution is -2.45. The van der Waals surface area contributed by atoms with Crippen LogP contribution in [0.3, 0.4) is 0 Å². The first-order valence-corrected chi connectivity index (χ1v) is 11.1. The van der Waals surface area contributed by atoms with Gasteiger partial charge in [0, 0.05) is 30.8 Å². The smallest absolute Gasteiger partial charge is 0.410 e. The van der Waals surface area contributed by atoms with Gasteiger partial charge in [-0.05, 0) is 70.7 Å². The summed E-state index contributed by atoms with van der Waals surface area (Å²) in [5, 5.41) is 11.7. The fourth-order valence-electron chi connectivity index (χ4n) is 4.21. The van der Waals surface area contributed by atoms with Crippen LogP contribution in [-0.4, -0.2) is 49.9 Å². The summed E-state index contributed by atoms with van der Waals surface area (Å²) in [5.41, 5.74) is 1.09. The van der Waals surface area contributed by atoms with Gasteiger partial charge in [0.25, 0.3) is 0 Å². The fourth-order valence-corrected chi connectivity index (χ4v) is 4.21. The van der Waals surface area contributed by atoms with Crippen molar-refractivity contribution >= 4 is 17.7 Å². The molecule has 0 saturated carbocycles. The maximum Gasteiger partial charge on any atom is 0.410 e. The van der Waals surface area contributed by atoms with E-state index in [1.54, 1.807) is 0 Å². The van der Waals surface area contributed by atoms with E-state index < -0.39 is 17.7 Å². The highest BCUT2D eigenvalue weighted by atomic mass is 16.6. The van der Waals surface area contributed by atoms with Crippen LogP contribution >= 0.6 is 0 Å². The molecule has 0 radical (unpaired) electrons. The molecule has 1 N–H and O–H groups in total. The van der Waals surface area contributed by atoms with Crippen LogP contribution in [-0.2, 0) is 22.5 Å². The first-order valence-electron chi connectivity index (χ1n) is 11.1. The van der Waals surface area contributed by atoms with Gasteiger partial charge in [-0.15, -0.1) is 10.2 Å². The van der Waals surface area contributed by atoms with E-state index in [-0.39, 0.29) is 5.91 Å². The second kappa shape index (κ2) is 8.69. The number of aromatic nitrogens is 3. The van der Waals surface area contributed by atoms with Gasteiger partial charge < -0.3 is 14.6 Å². The Morgan fingerprint density at radius 2 is 1.81 bits per heavy atom. The molecule has 0 unspecified atom stereocenters. The van der Waals surface area contributed by atoms with Crippen LogP contribution in [0.25, 0.3) is 11.4 Å². The van der Waals surface area contributed by atoms with E-state index in [2.05, 4.69) is 20.1 Å². The summed E-state index contributed by atoms with van der Waals surface area (Å²) < 4.78 is 7.66. The lowest BCUT2D eigenvalue weighted by molar-refractivity contribution is -0.120. The highest BCUT2D eigenvalue weighted by Gasteiger charge is 2.36. The Balaban J connectivity index is 1.43. The molecule has 1 saturated heterocycles. The lowest BCUT2D eigenvalue weighted by Gasteiger charge is -2.28. The molecule has 2 aliphatic rings. The van der Waals surface area contributed by atoms with Crippen LogP contribution in [0.15, 0.2) is 24.3 Å². The first kappa shape index (κ1) is 21.3. The number of anilines is 1. The third kappa shape index (κ3) is 4.89. The van der Waals surface area contributed by atoms with Crippen LogP contribution in [0.5, 0.6) is 0 Å². The van der Waals surface area contributed by atoms with Gasteiger partial charge in [0.15, 0.2) is 5.82 Å². The van der Waals surface area contributed by atoms with Crippen molar-refractivity contribution in [3.8, 4) is 11.4 Å². The van der Waals surface area contributed by atoms with Crippen molar-refractivity contribution in [2.24, 2.45) is 0 Å². The highest BCUT2D eigenvalue weighted by Crippen LogP contribution is 2.25. The Labute approximate surface area is 183 Å². The molecule has 2 aromatic rings. The van der Waals surface area contributed by atoms with Crippen molar-refractivity contribution in [1.29, 1.82) is 0 Å². The molecule has 166 valence electrons. The number of hydrogen-bond donors (Lipinski definition) is 1. The molecule has 1 atom stereocenters. The molecule has 0 aliphatic carbocycles. The van der Waals surface area contributed by atoms with Crippen LogP contribution in [0.2, 0.25) is 0 Å². The summed E-state index contributed by atoms with van der Waals surface area (Å²) in [6.45, 7) is 6.95. The highest BCUT2D eigenvalue weighted by molar-refractivity contribution is 5.97. The van der Waals surface area contributed by atoms with Crippen LogP contribution in [0, 0.1) is 0 Å². The fraction of sp³-hybridized carbons (Fsp3) is 0.565. The van der Waals surface area contributed by atoms with E-state index in [4.69, 9.17) is 4.74 Å². The predicted molar refractivity (Wildman–Crippen MR) is 118 cm³/mol. The van der Waals surface area contributed by atoms with Crippen molar-refractivity contribution in [2.45, 2.75) is 77.5 Å². The third-order valence-corrected chi connectivity index (χ3v) is 5.70. The van der Waals surface area contributed by atoms with Gasteiger partial charge in [-0.1, -0.05) is 6.42 Å². The minimum absolute atomic E-state index is 0.188. The summed E-state index contributed by atoms with van der Waals surface area (Å²) in [6.07, 6.45) is 5.47. The molecule has 8 heteroatoms. The van der Waals surface area contributed by atoms with E-state index in [1.807, 2.05) is 45.0 Å². The summed E-state index contributed by atoms with van der Waals surface area (Å²) in [7, 11) is 0. The predicted octanol–water partition coefficient (Wildman–Crippen LogP) is 4.01. The number of ether oxygens (including phenoxy) is 1. The van der Waals surface area contributed by atoms with Gasteiger partial charge in [-0.3, -0.25) is 9.69 Å². The Kier molecular flexibility index (Phi) is 5.98. The van der Waals surface area contributed by atoms with Crippen LogP contribution in [0.4, 0.5) is 10.5 Å². The number of nitrogens with zero attached hydrogens (tertiary/aromatic N) is 4. The minimum atomic E-state index is -0.587. The van der Waals surface area contributed by atoms with E-state index in [0.29, 0.717) is 18.7 Å². The molecule has 1 aromatic heterocycles. The van der Waals surface area contributed by atoms with Gasteiger partial charge >= 0.3 is 6.09 Å². The number of carbonyl (C=O) groups is 2. The molecule has 4 rings (SSSR count). The maximum atomic E-state index is 12.9. The number of hydrogen-bond acceptors (Lipinski definition) is 5. The van der Waals surface area contributed by atoms with Crippen molar-refractivity contribution in [1.82, 2.24) is 19.7 Å². The Morgan fingerprint density at radius 3 is 2.55 bits per heavy atom. The molecular formula is C23H31N5O3. The Bertz CT molecular complexity index is 945. The van der Waals surface area contributed by atoms with Gasteiger partial charge in [0.2, 0.25) is 5.91 Å². The van der Waals surface area contributed by atoms with Crippen molar-refractivity contribution < 1.29 is 14.3 Å². The largest absolute Gasteiger partial charge is 0.444 e. The number of nitrogens with one attached hydrogen (secondary N) is 1. The number of aryl methyl sites for hydroxylation is 1. The topological polar surface area (TPSA) is 89.3 Å². The molecule has 1 fully saturated rings. The minimum Gasteiger partial charge on any atom is -0.444 e. The monoisotopic (exact) mass is 425 g/mol. The van der Waals surface area contributed by atoms with Crippen LogP contribution in [0.1, 0.15) is 58.7 Å². The van der Waals surface area contributed by atoms with Gasteiger partial charge in [-0.2, -0.15) is 0 Å². The van der Waals surface area contributed by atoms with E-state index in [9.17, 15) is 9.59 Å². The normalized spacial score (nSPS) is 18.9. The average molecular weight is 426 g/mol. The number of rotatable bonds is 3. The summed E-state index contributed by atoms with van der Waals surface area (Å²) in [6, 6.07) is 7.15. The average Bonchev–Trinajstić information content (AvgIpc) is 3.29. The first-order chi connectivity index (χ1) is 14.8. The Hall–Kier alpha value is -2.90. The van der Waals surface area contributed by atoms with Gasteiger partial charge in [0.1, 0.15) is 17.5 Å². The van der Waals surface area contributed by atoms with Crippen molar-refractivity contribution in [3.63, 3.8) is 0 Å². The van der Waals surface area contributed by atoms with Crippen molar-refractivity contribution in [3.05, 3.63) is 30.1 Å². The number of amides is 2. The maximum absolute atomic E-state index is 12.9. The molecule has 1 aromatic carbocycles. The van der Waals surface area contributed by atoms with E-state index in [0.717, 1.165) is 49.4 Å². The summed E-state index contributed by atoms with van der Waals surface area (Å²) >= 11 is 0. The number of fused-ring (bicyclic) bond motifs is 1. The zero-order valence-corrected chi connectivity index (χ0v) is 18.6. The molecule has 2 aliphatic heterocycles. The number of likely N-dealkylation sites (tertiary alicyclic amines) is 1. The summed E-state index contributed by atoms with van der Waals surface area (Å²) in [5.74, 6) is 1.74. The molecule has 2 amide bonds. The molecular weight excluding hydrogens is 394 g/mol. The van der Waals surface area contributed by atoms with E-state index >= 15 is 0 Å². The number of carbonyl (C=O) groups excluding carboxylic acids is 2. The SMILES string of the molecule is CC(C)(C)OC(=O)N1CCC[C@H]1C(=O)Nc1ccc(-c2nnc3n2CCCCC3)cc1. The van der Waals surface area contributed by atoms with Crippen molar-refractivity contribution in [2.75, 3.05) is 11.9 Å². The zero-order valence-electron chi connectivity index (χ0n) is 18.6. The molecule has 3 heterocycles. The zero-order chi connectivity index (χ0) is 22.0. The van der Waals surface area contributed by atoms with Gasteiger partial charge in [0.05, 0.1) is 0 Å². The standard InChI is InChI=1S/C23H31N5O3/c1-23(2,3)31-22(30)27-15-7-8-18(27)21(29)24-17-12-10-16(11-13-17)20-26-25-19-9-5-4-6-14-28(19)20/h10-13,18H,4-9,14-15H2,1-3H3,(H,24,29)/t18-/m0/s1. The van der Waals surface area contributed by atoms with E-state index in [1.165, 1.54) is 11.3 Å². The molecule has 31 heavy (non-hydrogen) atoms. The third-order valence-electron chi connectivity index (χ3n) is 5.70. The molecule has 8 nitrogen and oxygen atoms in total. The lowest BCUT2D eigenvalue weighted by atomic mass is 10.1. The van der Waals surface area contributed by atoms with Crippen LogP contribution < -0.4 is 5.32 Å². The Morgan fingerprint density at radius 1 is 1.03 bits per heavy atom. The number of benzene rings is 1. The second-order valence-electron chi connectivity index (χ2n) is 9.30.